The summed E-state index contributed by atoms with van der Waals surface area (Å²) in [5.74, 6) is 0. The third-order valence-corrected chi connectivity index (χ3v) is 4.86. The van der Waals surface area contributed by atoms with E-state index in [0.717, 1.165) is 29.8 Å². The summed E-state index contributed by atoms with van der Waals surface area (Å²) in [6, 6.07) is 4.20. The number of carbonyl (C=O) groups excluding carboxylic acids is 1. The predicted octanol–water partition coefficient (Wildman–Crippen LogP) is 4.17. The molecular formula is C16H23BrN2O2S. The highest BCUT2D eigenvalue weighted by Gasteiger charge is 2.23. The molecule has 0 fully saturated rings. The van der Waals surface area contributed by atoms with Gasteiger partial charge < -0.3 is 15.0 Å². The molecule has 1 aromatic rings. The monoisotopic (exact) mass is 386 g/mol. The van der Waals surface area contributed by atoms with E-state index in [0.29, 0.717) is 6.54 Å². The fraction of sp³-hybridized carbons (Fsp3) is 0.562. The van der Waals surface area contributed by atoms with Gasteiger partial charge in [0.25, 0.3) is 0 Å². The number of thiophene rings is 1. The highest BCUT2D eigenvalue weighted by Crippen LogP contribution is 2.22. The molecule has 1 aromatic heterocycles. The average Bonchev–Trinajstić information content (AvgIpc) is 2.83. The summed E-state index contributed by atoms with van der Waals surface area (Å²) in [7, 11) is 0. The Balaban J connectivity index is 1.73. The molecule has 1 aliphatic rings. The molecule has 0 saturated carbocycles. The van der Waals surface area contributed by atoms with Crippen molar-refractivity contribution in [2.75, 3.05) is 19.6 Å². The van der Waals surface area contributed by atoms with Crippen molar-refractivity contribution in [3.05, 3.63) is 32.4 Å². The average molecular weight is 387 g/mol. The van der Waals surface area contributed by atoms with Gasteiger partial charge in [0.1, 0.15) is 5.60 Å². The second-order valence-electron chi connectivity index (χ2n) is 6.35. The van der Waals surface area contributed by atoms with Gasteiger partial charge in [0, 0.05) is 31.1 Å². The van der Waals surface area contributed by atoms with E-state index in [9.17, 15) is 4.79 Å². The first-order chi connectivity index (χ1) is 10.3. The molecule has 1 amide bonds. The van der Waals surface area contributed by atoms with E-state index in [2.05, 4.69) is 39.5 Å². The standard InChI is InChI=1S/C16H23BrN2O2S/c1-16(2,3)21-15(20)19-8-6-12(7-9-19)10-18-11-13-4-5-14(17)22-13/h4-6,18H,7-11H2,1-3H3. The van der Waals surface area contributed by atoms with Gasteiger partial charge in [-0.25, -0.2) is 4.79 Å². The maximum Gasteiger partial charge on any atom is 0.410 e. The van der Waals surface area contributed by atoms with Crippen LogP contribution in [0.4, 0.5) is 4.79 Å². The smallest absolute Gasteiger partial charge is 0.410 e. The van der Waals surface area contributed by atoms with Crippen LogP contribution in [0.2, 0.25) is 0 Å². The maximum absolute atomic E-state index is 12.0. The number of amides is 1. The lowest BCUT2D eigenvalue weighted by atomic mass is 10.1. The molecule has 0 aliphatic carbocycles. The molecule has 1 N–H and O–H groups in total. The zero-order valence-corrected chi connectivity index (χ0v) is 15.7. The number of rotatable bonds is 4. The Morgan fingerprint density at radius 3 is 2.73 bits per heavy atom. The zero-order chi connectivity index (χ0) is 16.2. The summed E-state index contributed by atoms with van der Waals surface area (Å²) in [5, 5.41) is 3.45. The zero-order valence-electron chi connectivity index (χ0n) is 13.3. The van der Waals surface area contributed by atoms with Gasteiger partial charge in [-0.3, -0.25) is 0 Å². The van der Waals surface area contributed by atoms with Gasteiger partial charge in [-0.1, -0.05) is 11.6 Å². The third kappa shape index (κ3) is 5.74. The molecule has 0 spiro atoms. The first-order valence-corrected chi connectivity index (χ1v) is 9.05. The van der Waals surface area contributed by atoms with Crippen molar-refractivity contribution in [2.24, 2.45) is 0 Å². The van der Waals surface area contributed by atoms with E-state index in [1.807, 2.05) is 20.8 Å². The number of carbonyl (C=O) groups is 1. The molecule has 0 radical (unpaired) electrons. The molecule has 6 heteroatoms. The van der Waals surface area contributed by atoms with E-state index < -0.39 is 5.60 Å². The Morgan fingerprint density at radius 1 is 1.41 bits per heavy atom. The summed E-state index contributed by atoms with van der Waals surface area (Å²) in [6.45, 7) is 8.79. The largest absolute Gasteiger partial charge is 0.444 e. The second kappa shape index (κ2) is 7.62. The van der Waals surface area contributed by atoms with Crippen molar-refractivity contribution in [1.29, 1.82) is 0 Å². The normalized spacial score (nSPS) is 15.6. The van der Waals surface area contributed by atoms with Gasteiger partial charge in [-0.2, -0.15) is 0 Å². The second-order valence-corrected chi connectivity index (χ2v) is 8.90. The number of nitrogens with zero attached hydrogens (tertiary/aromatic N) is 1. The molecule has 2 heterocycles. The van der Waals surface area contributed by atoms with E-state index in [1.165, 1.54) is 10.5 Å². The van der Waals surface area contributed by atoms with Crippen molar-refractivity contribution >= 4 is 33.4 Å². The highest BCUT2D eigenvalue weighted by atomic mass is 79.9. The molecule has 0 saturated heterocycles. The summed E-state index contributed by atoms with van der Waals surface area (Å²) in [6.07, 6.45) is 2.81. The molecular weight excluding hydrogens is 364 g/mol. The minimum atomic E-state index is -0.433. The van der Waals surface area contributed by atoms with Crippen molar-refractivity contribution in [2.45, 2.75) is 39.3 Å². The van der Waals surface area contributed by atoms with Gasteiger partial charge in [-0.15, -0.1) is 11.3 Å². The fourth-order valence-corrected chi connectivity index (χ4v) is 3.61. The molecule has 122 valence electrons. The first kappa shape index (κ1) is 17.5. The van der Waals surface area contributed by atoms with Crippen LogP contribution in [-0.4, -0.2) is 36.2 Å². The molecule has 0 unspecified atom stereocenters. The Labute approximate surface area is 144 Å². The third-order valence-electron chi connectivity index (χ3n) is 3.24. The first-order valence-electron chi connectivity index (χ1n) is 7.44. The van der Waals surface area contributed by atoms with Crippen LogP contribution in [0.5, 0.6) is 0 Å². The Kier molecular flexibility index (Phi) is 6.06. The maximum atomic E-state index is 12.0. The van der Waals surface area contributed by atoms with Gasteiger partial charge in [0.2, 0.25) is 0 Å². The highest BCUT2D eigenvalue weighted by molar-refractivity contribution is 9.11. The summed E-state index contributed by atoms with van der Waals surface area (Å²) in [4.78, 5) is 15.1. The van der Waals surface area contributed by atoms with Gasteiger partial charge >= 0.3 is 6.09 Å². The fourth-order valence-electron chi connectivity index (χ4n) is 2.16. The number of halogens is 1. The Bertz CT molecular complexity index is 549. The van der Waals surface area contributed by atoms with Crippen LogP contribution in [0.1, 0.15) is 32.1 Å². The van der Waals surface area contributed by atoms with Gasteiger partial charge in [0.05, 0.1) is 3.79 Å². The van der Waals surface area contributed by atoms with Crippen molar-refractivity contribution in [3.8, 4) is 0 Å². The quantitative estimate of drug-likeness (QED) is 0.789. The topological polar surface area (TPSA) is 41.6 Å². The minimum Gasteiger partial charge on any atom is -0.444 e. The number of nitrogens with one attached hydrogen (secondary N) is 1. The van der Waals surface area contributed by atoms with Crippen molar-refractivity contribution in [3.63, 3.8) is 0 Å². The van der Waals surface area contributed by atoms with Crippen LogP contribution in [-0.2, 0) is 11.3 Å². The number of ether oxygens (including phenoxy) is 1. The van der Waals surface area contributed by atoms with Crippen LogP contribution < -0.4 is 5.32 Å². The van der Waals surface area contributed by atoms with Crippen LogP contribution in [0.15, 0.2) is 27.6 Å². The van der Waals surface area contributed by atoms with E-state index >= 15 is 0 Å². The van der Waals surface area contributed by atoms with Crippen LogP contribution >= 0.6 is 27.3 Å². The van der Waals surface area contributed by atoms with Crippen molar-refractivity contribution < 1.29 is 9.53 Å². The van der Waals surface area contributed by atoms with Crippen molar-refractivity contribution in [1.82, 2.24) is 10.2 Å². The van der Waals surface area contributed by atoms with Crippen LogP contribution in [0.3, 0.4) is 0 Å². The molecule has 0 aromatic carbocycles. The number of hydrogen-bond donors (Lipinski definition) is 1. The lowest BCUT2D eigenvalue weighted by molar-refractivity contribution is 0.0265. The summed E-state index contributed by atoms with van der Waals surface area (Å²) >= 11 is 5.22. The SMILES string of the molecule is CC(C)(C)OC(=O)N1CC=C(CNCc2ccc(Br)s2)CC1. The Morgan fingerprint density at radius 2 is 2.18 bits per heavy atom. The van der Waals surface area contributed by atoms with Crippen LogP contribution in [0, 0.1) is 0 Å². The molecule has 0 atom stereocenters. The molecule has 4 nitrogen and oxygen atoms in total. The van der Waals surface area contributed by atoms with Gasteiger partial charge in [0.15, 0.2) is 0 Å². The number of hydrogen-bond acceptors (Lipinski definition) is 4. The van der Waals surface area contributed by atoms with Crippen LogP contribution in [0.25, 0.3) is 0 Å². The lowest BCUT2D eigenvalue weighted by Crippen LogP contribution is -2.39. The van der Waals surface area contributed by atoms with E-state index in [1.54, 1.807) is 16.2 Å². The van der Waals surface area contributed by atoms with E-state index in [-0.39, 0.29) is 6.09 Å². The lowest BCUT2D eigenvalue weighted by Gasteiger charge is -2.29. The van der Waals surface area contributed by atoms with E-state index in [4.69, 9.17) is 4.74 Å². The summed E-state index contributed by atoms with van der Waals surface area (Å²) < 4.78 is 6.55. The molecule has 1 aliphatic heterocycles. The molecule has 0 bridgehead atoms. The molecule has 2 rings (SSSR count). The van der Waals surface area contributed by atoms with Gasteiger partial charge in [-0.05, 0) is 55.3 Å². The minimum absolute atomic E-state index is 0.223. The summed E-state index contributed by atoms with van der Waals surface area (Å²) in [5.41, 5.74) is 0.924. The predicted molar refractivity (Wildman–Crippen MR) is 94.2 cm³/mol. The molecule has 22 heavy (non-hydrogen) atoms. The Hall–Kier alpha value is -0.850.